The highest BCUT2D eigenvalue weighted by Gasteiger charge is 2.25. The Bertz CT molecular complexity index is 1010. The summed E-state index contributed by atoms with van der Waals surface area (Å²) in [6.07, 6.45) is 2.63. The Hall–Kier alpha value is -3.09. The number of β-amino-alcohol motifs (C(OH)–C–C–N with tert-alkyl or cyclic N) is 1. The quantitative estimate of drug-likeness (QED) is 0.496. The summed E-state index contributed by atoms with van der Waals surface area (Å²) in [7, 11) is 0. The van der Waals surface area contributed by atoms with E-state index in [9.17, 15) is 9.90 Å². The molecule has 0 aromatic heterocycles. The standard InChI is InChI=1S/C26H31N3O3/c30-23(19-32-25-15-8-10-20-9-4-5-14-24(20)25)18-29-16-7-6-13-22(29)17-27-26(31)28-21-11-2-1-3-12-21/h1-5,8-12,14-15,22-23,30H,6-7,13,16-19H2,(H2,27,28,31). The first-order chi connectivity index (χ1) is 15.7. The third-order valence-electron chi connectivity index (χ3n) is 5.91. The molecule has 6 heteroatoms. The summed E-state index contributed by atoms with van der Waals surface area (Å²) >= 11 is 0. The molecule has 1 heterocycles. The van der Waals surface area contributed by atoms with E-state index in [2.05, 4.69) is 27.7 Å². The monoisotopic (exact) mass is 433 g/mol. The van der Waals surface area contributed by atoms with Gasteiger partial charge in [0, 0.05) is 30.2 Å². The number of piperidine rings is 1. The number of nitrogens with zero attached hydrogens (tertiary/aromatic N) is 1. The molecule has 1 aliphatic rings. The van der Waals surface area contributed by atoms with Crippen molar-refractivity contribution >= 4 is 22.5 Å². The van der Waals surface area contributed by atoms with Gasteiger partial charge in [0.1, 0.15) is 18.5 Å². The van der Waals surface area contributed by atoms with E-state index in [4.69, 9.17) is 4.74 Å². The molecule has 3 aromatic carbocycles. The first-order valence-corrected chi connectivity index (χ1v) is 11.3. The first kappa shape index (κ1) is 22.1. The van der Waals surface area contributed by atoms with Crippen LogP contribution in [-0.4, -0.2) is 54.4 Å². The molecule has 1 fully saturated rings. The van der Waals surface area contributed by atoms with Gasteiger partial charge in [0.2, 0.25) is 0 Å². The smallest absolute Gasteiger partial charge is 0.319 e. The van der Waals surface area contributed by atoms with Crippen molar-refractivity contribution in [1.29, 1.82) is 0 Å². The summed E-state index contributed by atoms with van der Waals surface area (Å²) in [5, 5.41) is 18.7. The molecule has 2 atom stereocenters. The van der Waals surface area contributed by atoms with Crippen LogP contribution >= 0.6 is 0 Å². The molecule has 32 heavy (non-hydrogen) atoms. The molecule has 0 bridgehead atoms. The fraction of sp³-hybridized carbons (Fsp3) is 0.346. The van der Waals surface area contributed by atoms with Crippen LogP contribution in [0.3, 0.4) is 0 Å². The Balaban J connectivity index is 1.27. The number of aliphatic hydroxyl groups is 1. The lowest BCUT2D eigenvalue weighted by Crippen LogP contribution is -2.50. The highest BCUT2D eigenvalue weighted by atomic mass is 16.5. The van der Waals surface area contributed by atoms with Gasteiger partial charge in [0.15, 0.2) is 0 Å². The maximum atomic E-state index is 12.2. The molecule has 2 amide bonds. The molecule has 0 radical (unpaired) electrons. The van der Waals surface area contributed by atoms with Crippen molar-refractivity contribution in [2.24, 2.45) is 0 Å². The number of para-hydroxylation sites is 1. The Morgan fingerprint density at radius 2 is 1.81 bits per heavy atom. The van der Waals surface area contributed by atoms with Crippen molar-refractivity contribution in [2.45, 2.75) is 31.4 Å². The zero-order valence-corrected chi connectivity index (χ0v) is 18.2. The van der Waals surface area contributed by atoms with Gasteiger partial charge >= 0.3 is 6.03 Å². The highest BCUT2D eigenvalue weighted by Crippen LogP contribution is 2.25. The second kappa shape index (κ2) is 11.0. The van der Waals surface area contributed by atoms with Crippen LogP contribution in [-0.2, 0) is 0 Å². The number of carbonyl (C=O) groups is 1. The molecule has 4 rings (SSSR count). The Morgan fingerprint density at radius 1 is 1.03 bits per heavy atom. The number of nitrogens with one attached hydrogen (secondary N) is 2. The van der Waals surface area contributed by atoms with E-state index in [1.807, 2.05) is 60.7 Å². The van der Waals surface area contributed by atoms with Crippen LogP contribution in [0.5, 0.6) is 5.75 Å². The van der Waals surface area contributed by atoms with Crippen molar-refractivity contribution in [3.05, 3.63) is 72.8 Å². The lowest BCUT2D eigenvalue weighted by atomic mass is 10.0. The molecule has 168 valence electrons. The minimum Gasteiger partial charge on any atom is -0.490 e. The van der Waals surface area contributed by atoms with Gasteiger partial charge in [-0.25, -0.2) is 4.79 Å². The van der Waals surface area contributed by atoms with Crippen LogP contribution < -0.4 is 15.4 Å². The third-order valence-corrected chi connectivity index (χ3v) is 5.91. The van der Waals surface area contributed by atoms with Crippen LogP contribution in [0, 0.1) is 0 Å². The number of anilines is 1. The largest absolute Gasteiger partial charge is 0.490 e. The molecule has 3 aromatic rings. The van der Waals surface area contributed by atoms with Crippen LogP contribution in [0.2, 0.25) is 0 Å². The number of hydrogen-bond donors (Lipinski definition) is 3. The summed E-state index contributed by atoms with van der Waals surface area (Å²) in [4.78, 5) is 14.5. The minimum atomic E-state index is -0.604. The number of ether oxygens (including phenoxy) is 1. The predicted octanol–water partition coefficient (Wildman–Crippen LogP) is 4.26. The normalized spacial score (nSPS) is 17.6. The van der Waals surface area contributed by atoms with E-state index in [0.29, 0.717) is 13.1 Å². The van der Waals surface area contributed by atoms with Gasteiger partial charge in [-0.15, -0.1) is 0 Å². The lowest BCUT2D eigenvalue weighted by molar-refractivity contribution is 0.0407. The summed E-state index contributed by atoms with van der Waals surface area (Å²) in [6, 6.07) is 23.5. The Kier molecular flexibility index (Phi) is 7.59. The van der Waals surface area contributed by atoms with E-state index in [0.717, 1.165) is 48.0 Å². The van der Waals surface area contributed by atoms with E-state index in [1.54, 1.807) is 0 Å². The zero-order chi connectivity index (χ0) is 22.2. The number of benzene rings is 3. The molecule has 0 spiro atoms. The van der Waals surface area contributed by atoms with E-state index in [-0.39, 0.29) is 18.7 Å². The molecule has 1 saturated heterocycles. The van der Waals surface area contributed by atoms with Crippen LogP contribution in [0.15, 0.2) is 72.8 Å². The SMILES string of the molecule is O=C(NCC1CCCCN1CC(O)COc1cccc2ccccc12)Nc1ccccc1. The molecule has 0 aliphatic carbocycles. The summed E-state index contributed by atoms with van der Waals surface area (Å²) in [5.74, 6) is 0.789. The number of carbonyl (C=O) groups excluding carboxylic acids is 1. The molecule has 1 aliphatic heterocycles. The van der Waals surface area contributed by atoms with Crippen molar-refractivity contribution in [3.63, 3.8) is 0 Å². The van der Waals surface area contributed by atoms with Crippen LogP contribution in [0.25, 0.3) is 10.8 Å². The average Bonchev–Trinajstić information content (AvgIpc) is 2.83. The lowest BCUT2D eigenvalue weighted by Gasteiger charge is -2.37. The number of urea groups is 1. The highest BCUT2D eigenvalue weighted by molar-refractivity contribution is 5.89. The molecule has 3 N–H and O–H groups in total. The van der Waals surface area contributed by atoms with E-state index >= 15 is 0 Å². The van der Waals surface area contributed by atoms with Gasteiger partial charge in [-0.1, -0.05) is 61.0 Å². The molecule has 0 saturated carbocycles. The average molecular weight is 434 g/mol. The predicted molar refractivity (Wildman–Crippen MR) is 128 cm³/mol. The van der Waals surface area contributed by atoms with Crippen molar-refractivity contribution in [3.8, 4) is 5.75 Å². The Labute approximate surface area is 189 Å². The number of amides is 2. The number of rotatable bonds is 8. The van der Waals surface area contributed by atoms with Crippen molar-refractivity contribution in [1.82, 2.24) is 10.2 Å². The summed E-state index contributed by atoms with van der Waals surface area (Å²) in [5.41, 5.74) is 0.770. The number of aliphatic hydroxyl groups excluding tert-OH is 1. The third kappa shape index (κ3) is 5.99. The zero-order valence-electron chi connectivity index (χ0n) is 18.2. The number of likely N-dealkylation sites (tertiary alicyclic amines) is 1. The molecular formula is C26H31N3O3. The minimum absolute atomic E-state index is 0.206. The summed E-state index contributed by atoms with van der Waals surface area (Å²) < 4.78 is 5.97. The van der Waals surface area contributed by atoms with Crippen LogP contribution in [0.1, 0.15) is 19.3 Å². The van der Waals surface area contributed by atoms with Crippen LogP contribution in [0.4, 0.5) is 10.5 Å². The fourth-order valence-corrected chi connectivity index (χ4v) is 4.27. The van der Waals surface area contributed by atoms with Crippen molar-refractivity contribution < 1.29 is 14.6 Å². The molecule has 6 nitrogen and oxygen atoms in total. The summed E-state index contributed by atoms with van der Waals surface area (Å²) in [6.45, 7) is 2.23. The van der Waals surface area contributed by atoms with Gasteiger partial charge in [0.05, 0.1) is 0 Å². The maximum absolute atomic E-state index is 12.2. The number of hydrogen-bond acceptors (Lipinski definition) is 4. The topological polar surface area (TPSA) is 73.8 Å². The van der Waals surface area contributed by atoms with Gasteiger partial charge in [-0.2, -0.15) is 0 Å². The van der Waals surface area contributed by atoms with E-state index in [1.165, 1.54) is 0 Å². The van der Waals surface area contributed by atoms with Gasteiger partial charge < -0.3 is 20.5 Å². The second-order valence-electron chi connectivity index (χ2n) is 8.29. The molecular weight excluding hydrogens is 402 g/mol. The van der Waals surface area contributed by atoms with E-state index < -0.39 is 6.10 Å². The Morgan fingerprint density at radius 3 is 2.69 bits per heavy atom. The maximum Gasteiger partial charge on any atom is 0.319 e. The van der Waals surface area contributed by atoms with Gasteiger partial charge in [0.25, 0.3) is 0 Å². The fourth-order valence-electron chi connectivity index (χ4n) is 4.27. The van der Waals surface area contributed by atoms with Gasteiger partial charge in [-0.3, -0.25) is 4.90 Å². The first-order valence-electron chi connectivity index (χ1n) is 11.3. The second-order valence-corrected chi connectivity index (χ2v) is 8.29. The number of fused-ring (bicyclic) bond motifs is 1. The molecule has 2 unspecified atom stereocenters. The van der Waals surface area contributed by atoms with Gasteiger partial charge in [-0.05, 0) is 43.0 Å². The van der Waals surface area contributed by atoms with Crippen molar-refractivity contribution in [2.75, 3.05) is 31.6 Å².